The van der Waals surface area contributed by atoms with E-state index < -0.39 is 10.0 Å². The molecule has 134 valence electrons. The number of nitrogens with one attached hydrogen (secondary N) is 1. The highest BCUT2D eigenvalue weighted by Crippen LogP contribution is 2.16. The minimum absolute atomic E-state index is 0.119. The molecule has 0 bridgehead atoms. The van der Waals surface area contributed by atoms with Gasteiger partial charge in [0, 0.05) is 0 Å². The molecule has 0 amide bonds. The van der Waals surface area contributed by atoms with Crippen molar-refractivity contribution in [3.8, 4) is 11.5 Å². The van der Waals surface area contributed by atoms with Crippen molar-refractivity contribution in [1.29, 1.82) is 0 Å². The third-order valence-electron chi connectivity index (χ3n) is 3.16. The maximum atomic E-state index is 12.2. The first-order valence-electron chi connectivity index (χ1n) is 8.05. The van der Waals surface area contributed by atoms with Crippen LogP contribution in [0.1, 0.15) is 25.8 Å². The Morgan fingerprint density at radius 1 is 1.04 bits per heavy atom. The van der Waals surface area contributed by atoms with Crippen LogP contribution in [-0.4, -0.2) is 27.8 Å². The summed E-state index contributed by atoms with van der Waals surface area (Å²) in [6.45, 7) is 5.05. The average molecular weight is 362 g/mol. The Hall–Kier alpha value is -2.54. The van der Waals surface area contributed by atoms with Crippen molar-refractivity contribution in [2.45, 2.75) is 25.2 Å². The first-order chi connectivity index (χ1) is 12.0. The lowest BCUT2D eigenvalue weighted by Gasteiger charge is -2.06. The lowest BCUT2D eigenvalue weighted by atomic mass is 10.2. The quantitative estimate of drug-likeness (QED) is 0.549. The van der Waals surface area contributed by atoms with E-state index in [0.717, 1.165) is 17.7 Å². The van der Waals surface area contributed by atoms with Crippen LogP contribution in [-0.2, 0) is 10.0 Å². The van der Waals surface area contributed by atoms with Crippen LogP contribution in [0.25, 0.3) is 0 Å². The topological polar surface area (TPSA) is 77.0 Å². The number of benzene rings is 2. The van der Waals surface area contributed by atoms with Gasteiger partial charge in [-0.05, 0) is 55.3 Å². The molecule has 0 aromatic heterocycles. The fraction of sp³-hybridized carbons (Fsp3) is 0.278. The van der Waals surface area contributed by atoms with Gasteiger partial charge in [-0.3, -0.25) is 0 Å². The molecule has 0 heterocycles. The van der Waals surface area contributed by atoms with Gasteiger partial charge in [0.1, 0.15) is 11.5 Å². The number of hydrogen-bond donors (Lipinski definition) is 1. The van der Waals surface area contributed by atoms with Gasteiger partial charge in [0.2, 0.25) is 0 Å². The van der Waals surface area contributed by atoms with Crippen LogP contribution in [0, 0.1) is 0 Å². The minimum atomic E-state index is -3.72. The Morgan fingerprint density at radius 3 is 2.48 bits per heavy atom. The number of hydrazone groups is 1. The van der Waals surface area contributed by atoms with Crippen LogP contribution in [0.15, 0.2) is 58.5 Å². The standard InChI is InChI=1S/C18H22N2O4S/c1-3-12-24-17-7-5-6-15(13-17)14-19-20-25(21,22)18-10-8-16(9-11-18)23-4-2/h5-11,13-14,20H,3-4,12H2,1-2H3/b19-14+. The lowest BCUT2D eigenvalue weighted by molar-refractivity contribution is 0.317. The molecular formula is C18H22N2O4S. The molecule has 7 heteroatoms. The summed E-state index contributed by atoms with van der Waals surface area (Å²) < 4.78 is 35.2. The van der Waals surface area contributed by atoms with Gasteiger partial charge in [-0.2, -0.15) is 13.5 Å². The summed E-state index contributed by atoms with van der Waals surface area (Å²) in [7, 11) is -3.72. The molecule has 2 aromatic carbocycles. The second kappa shape index (κ2) is 9.08. The zero-order valence-electron chi connectivity index (χ0n) is 14.3. The third kappa shape index (κ3) is 5.79. The number of ether oxygens (including phenoxy) is 2. The van der Waals surface area contributed by atoms with Crippen molar-refractivity contribution in [3.05, 3.63) is 54.1 Å². The van der Waals surface area contributed by atoms with Crippen LogP contribution < -0.4 is 14.3 Å². The fourth-order valence-electron chi connectivity index (χ4n) is 2.01. The number of hydrogen-bond acceptors (Lipinski definition) is 5. The fourth-order valence-corrected chi connectivity index (χ4v) is 2.80. The molecule has 0 aliphatic rings. The van der Waals surface area contributed by atoms with Gasteiger partial charge in [0.05, 0.1) is 24.3 Å². The Balaban J connectivity index is 2.02. The van der Waals surface area contributed by atoms with E-state index in [9.17, 15) is 8.42 Å². The Labute approximate surface area is 148 Å². The second-order valence-corrected chi connectivity index (χ2v) is 6.84. The molecule has 0 spiro atoms. The van der Waals surface area contributed by atoms with Gasteiger partial charge >= 0.3 is 0 Å². The highest BCUT2D eigenvalue weighted by atomic mass is 32.2. The van der Waals surface area contributed by atoms with Crippen molar-refractivity contribution < 1.29 is 17.9 Å². The Morgan fingerprint density at radius 2 is 1.80 bits per heavy atom. The molecule has 1 N–H and O–H groups in total. The summed E-state index contributed by atoms with van der Waals surface area (Å²) in [5.74, 6) is 1.34. The van der Waals surface area contributed by atoms with E-state index in [1.165, 1.54) is 18.3 Å². The van der Waals surface area contributed by atoms with Crippen molar-refractivity contribution in [1.82, 2.24) is 4.83 Å². The van der Waals surface area contributed by atoms with Gasteiger partial charge in [-0.1, -0.05) is 19.1 Å². The van der Waals surface area contributed by atoms with E-state index in [1.807, 2.05) is 32.0 Å². The molecule has 0 aliphatic carbocycles. The highest BCUT2D eigenvalue weighted by molar-refractivity contribution is 7.89. The zero-order chi connectivity index (χ0) is 18.1. The normalized spacial score (nSPS) is 11.4. The predicted molar refractivity (Wildman–Crippen MR) is 97.8 cm³/mol. The van der Waals surface area contributed by atoms with Gasteiger partial charge in [-0.15, -0.1) is 0 Å². The molecule has 25 heavy (non-hydrogen) atoms. The van der Waals surface area contributed by atoms with Gasteiger partial charge in [-0.25, -0.2) is 4.83 Å². The number of sulfonamides is 1. The molecule has 2 aromatic rings. The molecule has 0 fully saturated rings. The molecule has 0 unspecified atom stereocenters. The van der Waals surface area contributed by atoms with Crippen molar-refractivity contribution >= 4 is 16.2 Å². The van der Waals surface area contributed by atoms with Crippen molar-refractivity contribution in [2.24, 2.45) is 5.10 Å². The monoisotopic (exact) mass is 362 g/mol. The second-order valence-electron chi connectivity index (χ2n) is 5.18. The van der Waals surface area contributed by atoms with E-state index in [0.29, 0.717) is 19.0 Å². The van der Waals surface area contributed by atoms with Crippen LogP contribution >= 0.6 is 0 Å². The summed E-state index contributed by atoms with van der Waals surface area (Å²) in [4.78, 5) is 2.32. The summed E-state index contributed by atoms with van der Waals surface area (Å²) in [6.07, 6.45) is 2.35. The van der Waals surface area contributed by atoms with Crippen LogP contribution in [0.4, 0.5) is 0 Å². The first-order valence-corrected chi connectivity index (χ1v) is 9.54. The Kier molecular flexibility index (Phi) is 6.82. The summed E-state index contributed by atoms with van der Waals surface area (Å²) >= 11 is 0. The first kappa shape index (κ1) is 18.8. The van der Waals surface area contributed by atoms with E-state index in [2.05, 4.69) is 9.93 Å². The molecule has 2 rings (SSSR count). The molecule has 0 atom stereocenters. The SMILES string of the molecule is CCCOc1cccc(/C=N/NS(=O)(=O)c2ccc(OCC)cc2)c1. The third-order valence-corrected chi connectivity index (χ3v) is 4.40. The van der Waals surface area contributed by atoms with Crippen molar-refractivity contribution in [2.75, 3.05) is 13.2 Å². The Bertz CT molecular complexity index is 802. The molecule has 0 saturated heterocycles. The zero-order valence-corrected chi connectivity index (χ0v) is 15.1. The maximum Gasteiger partial charge on any atom is 0.276 e. The summed E-state index contributed by atoms with van der Waals surface area (Å²) in [5.41, 5.74) is 0.739. The molecule has 6 nitrogen and oxygen atoms in total. The molecular weight excluding hydrogens is 340 g/mol. The van der Waals surface area contributed by atoms with E-state index >= 15 is 0 Å². The van der Waals surface area contributed by atoms with E-state index in [1.54, 1.807) is 18.2 Å². The van der Waals surface area contributed by atoms with Crippen molar-refractivity contribution in [3.63, 3.8) is 0 Å². The maximum absolute atomic E-state index is 12.2. The van der Waals surface area contributed by atoms with E-state index in [-0.39, 0.29) is 4.90 Å². The van der Waals surface area contributed by atoms with Gasteiger partial charge in [0.15, 0.2) is 0 Å². The minimum Gasteiger partial charge on any atom is -0.494 e. The van der Waals surface area contributed by atoms with Gasteiger partial charge in [0.25, 0.3) is 10.0 Å². The van der Waals surface area contributed by atoms with E-state index in [4.69, 9.17) is 9.47 Å². The molecule has 0 radical (unpaired) electrons. The highest BCUT2D eigenvalue weighted by Gasteiger charge is 2.12. The van der Waals surface area contributed by atoms with Crippen LogP contribution in [0.5, 0.6) is 11.5 Å². The summed E-state index contributed by atoms with van der Waals surface area (Å²) in [6, 6.07) is 13.4. The number of rotatable bonds is 9. The smallest absolute Gasteiger partial charge is 0.276 e. The van der Waals surface area contributed by atoms with Crippen LogP contribution in [0.2, 0.25) is 0 Å². The lowest BCUT2D eigenvalue weighted by Crippen LogP contribution is -2.18. The number of nitrogens with zero attached hydrogens (tertiary/aromatic N) is 1. The van der Waals surface area contributed by atoms with Crippen LogP contribution in [0.3, 0.4) is 0 Å². The largest absolute Gasteiger partial charge is 0.494 e. The molecule has 0 aliphatic heterocycles. The molecule has 0 saturated carbocycles. The average Bonchev–Trinajstić information content (AvgIpc) is 2.61. The predicted octanol–water partition coefficient (Wildman–Crippen LogP) is 3.19. The summed E-state index contributed by atoms with van der Waals surface area (Å²) in [5, 5.41) is 3.82. The van der Waals surface area contributed by atoms with Gasteiger partial charge < -0.3 is 9.47 Å².